The number of ether oxygens (including phenoxy) is 2. The Morgan fingerprint density at radius 2 is 1.89 bits per heavy atom. The molecule has 9 heteroatoms. The fraction of sp³-hybridized carbons (Fsp3) is 0.222. The zero-order chi connectivity index (χ0) is 19.8. The van der Waals surface area contributed by atoms with Crippen LogP contribution in [0.3, 0.4) is 0 Å². The smallest absolute Gasteiger partial charge is 0.338 e. The van der Waals surface area contributed by atoms with E-state index in [9.17, 15) is 19.7 Å². The maximum Gasteiger partial charge on any atom is 0.338 e. The molecule has 0 saturated carbocycles. The Morgan fingerprint density at radius 1 is 1.19 bits per heavy atom. The van der Waals surface area contributed by atoms with Gasteiger partial charge < -0.3 is 14.8 Å². The van der Waals surface area contributed by atoms with Gasteiger partial charge in [-0.1, -0.05) is 23.7 Å². The number of carbonyl (C=O) groups is 2. The standard InChI is InChI=1S/C18H17ClN2O6/c1-26-16-7-4-13(10-15(16)21(24)25)18(23)27-11-17(22)20-9-8-12-2-5-14(19)6-3-12/h2-7,10H,8-9,11H2,1H3,(H,20,22). The van der Waals surface area contributed by atoms with Crippen molar-refractivity contribution in [2.24, 2.45) is 0 Å². The molecule has 142 valence electrons. The largest absolute Gasteiger partial charge is 0.490 e. The number of nitrogens with one attached hydrogen (secondary N) is 1. The Hall–Kier alpha value is -3.13. The van der Waals surface area contributed by atoms with E-state index in [-0.39, 0.29) is 17.0 Å². The second kappa shape index (κ2) is 9.54. The van der Waals surface area contributed by atoms with Gasteiger partial charge in [-0.25, -0.2) is 4.79 Å². The summed E-state index contributed by atoms with van der Waals surface area (Å²) in [5.41, 5.74) is 0.595. The minimum Gasteiger partial charge on any atom is -0.490 e. The van der Waals surface area contributed by atoms with Crippen molar-refractivity contribution in [3.05, 3.63) is 68.7 Å². The highest BCUT2D eigenvalue weighted by Gasteiger charge is 2.19. The Bertz CT molecular complexity index is 838. The van der Waals surface area contributed by atoms with E-state index in [1.807, 2.05) is 12.1 Å². The summed E-state index contributed by atoms with van der Waals surface area (Å²) >= 11 is 5.80. The monoisotopic (exact) mass is 392 g/mol. The van der Waals surface area contributed by atoms with E-state index in [0.29, 0.717) is 18.0 Å². The summed E-state index contributed by atoms with van der Waals surface area (Å²) in [6, 6.07) is 10.9. The van der Waals surface area contributed by atoms with E-state index in [4.69, 9.17) is 21.1 Å². The summed E-state index contributed by atoms with van der Waals surface area (Å²) in [5.74, 6) is -1.29. The van der Waals surface area contributed by atoms with Crippen LogP contribution >= 0.6 is 11.6 Å². The molecule has 0 heterocycles. The number of esters is 1. The molecule has 2 rings (SSSR count). The van der Waals surface area contributed by atoms with E-state index in [0.717, 1.165) is 11.6 Å². The van der Waals surface area contributed by atoms with Gasteiger partial charge in [-0.3, -0.25) is 14.9 Å². The number of halogens is 1. The second-order valence-corrected chi connectivity index (χ2v) is 5.88. The number of amides is 1. The van der Waals surface area contributed by atoms with Crippen molar-refractivity contribution in [3.63, 3.8) is 0 Å². The van der Waals surface area contributed by atoms with Crippen molar-refractivity contribution in [3.8, 4) is 5.75 Å². The molecule has 1 amide bonds. The van der Waals surface area contributed by atoms with Gasteiger partial charge in [-0.05, 0) is 36.2 Å². The van der Waals surface area contributed by atoms with Gasteiger partial charge in [-0.2, -0.15) is 0 Å². The number of rotatable bonds is 8. The lowest BCUT2D eigenvalue weighted by molar-refractivity contribution is -0.385. The molecule has 2 aromatic carbocycles. The third-order valence-corrected chi connectivity index (χ3v) is 3.85. The van der Waals surface area contributed by atoms with Crippen molar-refractivity contribution in [1.82, 2.24) is 5.32 Å². The van der Waals surface area contributed by atoms with Crippen LogP contribution in [0.1, 0.15) is 15.9 Å². The van der Waals surface area contributed by atoms with E-state index < -0.39 is 23.4 Å². The molecule has 0 unspecified atom stereocenters. The lowest BCUT2D eigenvalue weighted by Crippen LogP contribution is -2.30. The summed E-state index contributed by atoms with van der Waals surface area (Å²) in [6.07, 6.45) is 0.599. The van der Waals surface area contributed by atoms with Crippen LogP contribution in [-0.2, 0) is 16.0 Å². The molecule has 0 bridgehead atoms. The molecule has 0 aliphatic heterocycles. The van der Waals surface area contributed by atoms with Gasteiger partial charge in [0.15, 0.2) is 12.4 Å². The molecule has 0 fully saturated rings. The number of nitro groups is 1. The normalized spacial score (nSPS) is 10.1. The average Bonchev–Trinajstić information content (AvgIpc) is 2.67. The van der Waals surface area contributed by atoms with E-state index in [1.54, 1.807) is 12.1 Å². The van der Waals surface area contributed by atoms with E-state index in [2.05, 4.69) is 5.32 Å². The van der Waals surface area contributed by atoms with Crippen molar-refractivity contribution < 1.29 is 24.0 Å². The van der Waals surface area contributed by atoms with Crippen molar-refractivity contribution >= 4 is 29.2 Å². The van der Waals surface area contributed by atoms with Crippen molar-refractivity contribution in [1.29, 1.82) is 0 Å². The number of hydrogen-bond donors (Lipinski definition) is 1. The summed E-state index contributed by atoms with van der Waals surface area (Å²) < 4.78 is 9.75. The molecule has 0 radical (unpaired) electrons. The summed E-state index contributed by atoms with van der Waals surface area (Å²) in [6.45, 7) is -0.120. The first-order chi connectivity index (χ1) is 12.9. The molecular weight excluding hydrogens is 376 g/mol. The molecule has 8 nitrogen and oxygen atoms in total. The molecule has 0 saturated heterocycles. The minimum absolute atomic E-state index is 0.0245. The fourth-order valence-electron chi connectivity index (χ4n) is 2.22. The molecule has 2 aromatic rings. The minimum atomic E-state index is -0.839. The Kier molecular flexibility index (Phi) is 7.13. The van der Waals surface area contributed by atoms with Crippen LogP contribution in [0.4, 0.5) is 5.69 Å². The van der Waals surface area contributed by atoms with Crippen LogP contribution in [-0.4, -0.2) is 37.1 Å². The summed E-state index contributed by atoms with van der Waals surface area (Å²) in [7, 11) is 1.29. The fourth-order valence-corrected chi connectivity index (χ4v) is 2.35. The predicted molar refractivity (Wildman–Crippen MR) is 98.1 cm³/mol. The average molecular weight is 393 g/mol. The second-order valence-electron chi connectivity index (χ2n) is 5.45. The van der Waals surface area contributed by atoms with Crippen LogP contribution in [0.25, 0.3) is 0 Å². The topological polar surface area (TPSA) is 108 Å². The van der Waals surface area contributed by atoms with E-state index >= 15 is 0 Å². The molecule has 0 aliphatic rings. The summed E-state index contributed by atoms with van der Waals surface area (Å²) in [4.78, 5) is 34.0. The lowest BCUT2D eigenvalue weighted by atomic mass is 10.1. The first-order valence-corrected chi connectivity index (χ1v) is 8.29. The van der Waals surface area contributed by atoms with Gasteiger partial charge in [-0.15, -0.1) is 0 Å². The molecule has 0 spiro atoms. The molecular formula is C18H17ClN2O6. The third-order valence-electron chi connectivity index (χ3n) is 3.59. The molecule has 27 heavy (non-hydrogen) atoms. The molecule has 0 aliphatic carbocycles. The van der Waals surface area contributed by atoms with E-state index in [1.165, 1.54) is 19.2 Å². The zero-order valence-corrected chi connectivity index (χ0v) is 15.2. The van der Waals surface area contributed by atoms with Crippen LogP contribution < -0.4 is 10.1 Å². The quantitative estimate of drug-likeness (QED) is 0.420. The number of benzene rings is 2. The first kappa shape index (κ1) is 20.2. The summed E-state index contributed by atoms with van der Waals surface area (Å²) in [5, 5.41) is 14.2. The maximum atomic E-state index is 12.0. The lowest BCUT2D eigenvalue weighted by Gasteiger charge is -2.08. The zero-order valence-electron chi connectivity index (χ0n) is 14.4. The van der Waals surface area contributed by atoms with Crippen molar-refractivity contribution in [2.75, 3.05) is 20.3 Å². The number of nitrogens with zero attached hydrogens (tertiary/aromatic N) is 1. The van der Waals surface area contributed by atoms with Crippen molar-refractivity contribution in [2.45, 2.75) is 6.42 Å². The highest BCUT2D eigenvalue weighted by atomic mass is 35.5. The van der Waals surface area contributed by atoms with Gasteiger partial charge >= 0.3 is 11.7 Å². The molecule has 0 aromatic heterocycles. The Balaban J connectivity index is 1.82. The van der Waals surface area contributed by atoms with Gasteiger partial charge in [0.25, 0.3) is 5.91 Å². The van der Waals surface area contributed by atoms with Crippen LogP contribution in [0.15, 0.2) is 42.5 Å². The number of carbonyl (C=O) groups excluding carboxylic acids is 2. The Labute approximate surface area is 160 Å². The number of methoxy groups -OCH3 is 1. The van der Waals surface area contributed by atoms with Gasteiger partial charge in [0.05, 0.1) is 17.6 Å². The van der Waals surface area contributed by atoms with Crippen LogP contribution in [0.5, 0.6) is 5.75 Å². The third kappa shape index (κ3) is 5.96. The van der Waals surface area contributed by atoms with Crippen LogP contribution in [0, 0.1) is 10.1 Å². The SMILES string of the molecule is COc1ccc(C(=O)OCC(=O)NCCc2ccc(Cl)cc2)cc1[N+](=O)[O-]. The first-order valence-electron chi connectivity index (χ1n) is 7.91. The van der Waals surface area contributed by atoms with Crippen LogP contribution in [0.2, 0.25) is 5.02 Å². The highest BCUT2D eigenvalue weighted by Crippen LogP contribution is 2.27. The van der Waals surface area contributed by atoms with Gasteiger partial charge in [0, 0.05) is 17.6 Å². The maximum absolute atomic E-state index is 12.0. The van der Waals surface area contributed by atoms with Gasteiger partial charge in [0.1, 0.15) is 0 Å². The molecule has 0 atom stereocenters. The van der Waals surface area contributed by atoms with Gasteiger partial charge in [0.2, 0.25) is 0 Å². The predicted octanol–water partition coefficient (Wildman–Crippen LogP) is 2.77. The number of hydrogen-bond acceptors (Lipinski definition) is 6. The Morgan fingerprint density at radius 3 is 2.52 bits per heavy atom. The molecule has 1 N–H and O–H groups in total. The number of nitro benzene ring substituents is 1. The highest BCUT2D eigenvalue weighted by molar-refractivity contribution is 6.30.